The van der Waals surface area contributed by atoms with Crippen molar-refractivity contribution in [3.8, 4) is 0 Å². The maximum atomic E-state index is 12.6. The molecule has 2 atom stereocenters. The van der Waals surface area contributed by atoms with Gasteiger partial charge in [-0.05, 0) is 59.4 Å². The molecule has 2 heteroatoms. The lowest BCUT2D eigenvalue weighted by atomic mass is 9.58. The highest BCUT2D eigenvalue weighted by atomic mass is 16.1. The Kier molecular flexibility index (Phi) is 2.52. The van der Waals surface area contributed by atoms with E-state index in [1.807, 2.05) is 12.1 Å². The molecule has 4 aliphatic rings. The summed E-state index contributed by atoms with van der Waals surface area (Å²) < 4.78 is 0. The van der Waals surface area contributed by atoms with E-state index in [-0.39, 0.29) is 23.4 Å². The van der Waals surface area contributed by atoms with Crippen LogP contribution in [0, 0.1) is 13.8 Å². The zero-order valence-corrected chi connectivity index (χ0v) is 13.6. The molecular weight excluding hydrogens is 296 g/mol. The van der Waals surface area contributed by atoms with E-state index in [0.717, 1.165) is 0 Å². The van der Waals surface area contributed by atoms with Crippen molar-refractivity contribution in [3.05, 3.63) is 93.1 Å². The molecule has 0 saturated carbocycles. The third-order valence-corrected chi connectivity index (χ3v) is 5.72. The second-order valence-electron chi connectivity index (χ2n) is 6.95. The van der Waals surface area contributed by atoms with Crippen molar-refractivity contribution in [2.45, 2.75) is 25.7 Å². The summed E-state index contributed by atoms with van der Waals surface area (Å²) in [6, 6.07) is 12.7. The van der Waals surface area contributed by atoms with E-state index in [4.69, 9.17) is 0 Å². The van der Waals surface area contributed by atoms with Gasteiger partial charge in [-0.3, -0.25) is 9.59 Å². The van der Waals surface area contributed by atoms with Gasteiger partial charge in [0.05, 0.1) is 0 Å². The summed E-state index contributed by atoms with van der Waals surface area (Å²) in [4.78, 5) is 25.3. The summed E-state index contributed by atoms with van der Waals surface area (Å²) in [5.41, 5.74) is 8.58. The van der Waals surface area contributed by atoms with Gasteiger partial charge in [0.1, 0.15) is 0 Å². The maximum Gasteiger partial charge on any atom is 0.183 e. The minimum Gasteiger partial charge on any atom is -0.290 e. The van der Waals surface area contributed by atoms with Crippen LogP contribution in [0.1, 0.15) is 45.2 Å². The van der Waals surface area contributed by atoms with Crippen LogP contribution in [0.15, 0.2) is 59.7 Å². The minimum atomic E-state index is -0.114. The van der Waals surface area contributed by atoms with Gasteiger partial charge >= 0.3 is 0 Å². The molecule has 2 aromatic rings. The van der Waals surface area contributed by atoms with Crippen molar-refractivity contribution in [2.75, 3.05) is 0 Å². The Balaban J connectivity index is 1.91. The molecular formula is C22H16O2. The molecule has 2 bridgehead atoms. The molecule has 0 heterocycles. The number of benzene rings is 2. The molecule has 2 nitrogen and oxygen atoms in total. The van der Waals surface area contributed by atoms with E-state index < -0.39 is 0 Å². The Morgan fingerprint density at radius 1 is 0.667 bits per heavy atom. The van der Waals surface area contributed by atoms with E-state index >= 15 is 0 Å². The van der Waals surface area contributed by atoms with Crippen LogP contribution in [0.3, 0.4) is 0 Å². The fourth-order valence-electron chi connectivity index (χ4n) is 4.55. The van der Waals surface area contributed by atoms with Gasteiger partial charge in [0.2, 0.25) is 0 Å². The van der Waals surface area contributed by atoms with Crippen LogP contribution in [0.5, 0.6) is 0 Å². The van der Waals surface area contributed by atoms with Crippen LogP contribution in [0.4, 0.5) is 0 Å². The van der Waals surface area contributed by atoms with Gasteiger partial charge in [0.15, 0.2) is 11.6 Å². The number of aryl methyl sites for hydroxylation is 2. The smallest absolute Gasteiger partial charge is 0.183 e. The Labute approximate surface area is 140 Å². The van der Waals surface area contributed by atoms with Crippen molar-refractivity contribution in [3.63, 3.8) is 0 Å². The summed E-state index contributed by atoms with van der Waals surface area (Å²) in [5.74, 6) is -0.259. The van der Waals surface area contributed by atoms with E-state index in [0.29, 0.717) is 11.1 Å². The Hall–Kier alpha value is -2.74. The molecule has 0 aromatic heterocycles. The molecule has 6 rings (SSSR count). The summed E-state index contributed by atoms with van der Waals surface area (Å²) in [5, 5.41) is 0. The SMILES string of the molecule is Cc1cc2c(cc1C)C1C3=C(C(=O)C=CC3=O)C2c2ccccc21. The first-order valence-corrected chi connectivity index (χ1v) is 8.28. The summed E-state index contributed by atoms with van der Waals surface area (Å²) in [7, 11) is 0. The second-order valence-corrected chi connectivity index (χ2v) is 6.95. The Morgan fingerprint density at radius 2 is 1.08 bits per heavy atom. The first-order valence-electron chi connectivity index (χ1n) is 8.28. The van der Waals surface area contributed by atoms with E-state index in [1.54, 1.807) is 0 Å². The first kappa shape index (κ1) is 13.7. The molecule has 0 saturated heterocycles. The van der Waals surface area contributed by atoms with Gasteiger partial charge in [-0.1, -0.05) is 36.4 Å². The van der Waals surface area contributed by atoms with Crippen LogP contribution in [0.2, 0.25) is 0 Å². The highest BCUT2D eigenvalue weighted by Gasteiger charge is 2.47. The van der Waals surface area contributed by atoms with Crippen LogP contribution in [-0.2, 0) is 9.59 Å². The number of carbonyl (C=O) groups is 2. The summed E-state index contributed by atoms with van der Waals surface area (Å²) in [6.45, 7) is 4.21. The molecule has 2 unspecified atom stereocenters. The van der Waals surface area contributed by atoms with Gasteiger partial charge in [-0.2, -0.15) is 0 Å². The predicted molar refractivity (Wildman–Crippen MR) is 92.2 cm³/mol. The maximum absolute atomic E-state index is 12.6. The molecule has 0 N–H and O–H groups in total. The molecule has 0 aliphatic heterocycles. The van der Waals surface area contributed by atoms with Crippen LogP contribution in [-0.4, -0.2) is 11.6 Å². The second kappa shape index (κ2) is 4.41. The molecule has 24 heavy (non-hydrogen) atoms. The van der Waals surface area contributed by atoms with Crippen molar-refractivity contribution < 1.29 is 9.59 Å². The van der Waals surface area contributed by atoms with E-state index in [1.165, 1.54) is 45.5 Å². The highest BCUT2D eigenvalue weighted by Crippen LogP contribution is 2.56. The van der Waals surface area contributed by atoms with Gasteiger partial charge in [-0.25, -0.2) is 0 Å². The molecule has 0 fully saturated rings. The Morgan fingerprint density at radius 3 is 1.50 bits per heavy atom. The zero-order valence-electron chi connectivity index (χ0n) is 13.6. The fourth-order valence-corrected chi connectivity index (χ4v) is 4.55. The molecule has 116 valence electrons. The Bertz CT molecular complexity index is 940. The fraction of sp³-hybridized carbons (Fsp3) is 0.182. The largest absolute Gasteiger partial charge is 0.290 e. The van der Waals surface area contributed by atoms with Crippen LogP contribution < -0.4 is 0 Å². The van der Waals surface area contributed by atoms with Gasteiger partial charge in [0, 0.05) is 23.0 Å². The lowest BCUT2D eigenvalue weighted by Gasteiger charge is -2.43. The standard InChI is InChI=1S/C22H16O2/c1-11-9-15-16(10-12(11)2)20-14-6-4-3-5-13(14)19(15)21-17(23)7-8-18(24)22(20)21/h3-10,19-20H,1-2H3. The molecule has 0 spiro atoms. The number of rotatable bonds is 0. The number of allylic oxidation sites excluding steroid dienone is 4. The van der Waals surface area contributed by atoms with Crippen molar-refractivity contribution in [2.24, 2.45) is 0 Å². The van der Waals surface area contributed by atoms with Crippen molar-refractivity contribution in [1.82, 2.24) is 0 Å². The van der Waals surface area contributed by atoms with E-state index in [9.17, 15) is 9.59 Å². The number of hydrogen-bond donors (Lipinski definition) is 0. The minimum absolute atomic E-state index is 0.0158. The lowest BCUT2D eigenvalue weighted by Crippen LogP contribution is -2.35. The highest BCUT2D eigenvalue weighted by molar-refractivity contribution is 6.23. The number of carbonyl (C=O) groups excluding carboxylic acids is 2. The third kappa shape index (κ3) is 1.51. The number of ketones is 2. The third-order valence-electron chi connectivity index (χ3n) is 5.72. The molecule has 0 radical (unpaired) electrons. The predicted octanol–water partition coefficient (Wildman–Crippen LogP) is 3.90. The average molecular weight is 312 g/mol. The van der Waals surface area contributed by atoms with Crippen molar-refractivity contribution >= 4 is 11.6 Å². The van der Waals surface area contributed by atoms with Crippen LogP contribution >= 0.6 is 0 Å². The lowest BCUT2D eigenvalue weighted by molar-refractivity contribution is -0.115. The topological polar surface area (TPSA) is 34.1 Å². The number of hydrogen-bond acceptors (Lipinski definition) is 2. The quantitative estimate of drug-likeness (QED) is 0.691. The summed E-state index contributed by atoms with van der Waals surface area (Å²) >= 11 is 0. The summed E-state index contributed by atoms with van der Waals surface area (Å²) in [6.07, 6.45) is 2.87. The van der Waals surface area contributed by atoms with Gasteiger partial charge in [0.25, 0.3) is 0 Å². The van der Waals surface area contributed by atoms with Gasteiger partial charge in [-0.15, -0.1) is 0 Å². The molecule has 2 aromatic carbocycles. The van der Waals surface area contributed by atoms with Gasteiger partial charge < -0.3 is 0 Å². The monoisotopic (exact) mass is 312 g/mol. The van der Waals surface area contributed by atoms with Crippen LogP contribution in [0.25, 0.3) is 0 Å². The molecule has 0 amide bonds. The molecule has 4 aliphatic carbocycles. The normalized spacial score (nSPS) is 23.2. The average Bonchev–Trinajstić information content (AvgIpc) is 2.59. The zero-order chi connectivity index (χ0) is 16.6. The van der Waals surface area contributed by atoms with Crippen molar-refractivity contribution in [1.29, 1.82) is 0 Å². The first-order chi connectivity index (χ1) is 11.6. The van der Waals surface area contributed by atoms with E-state index in [2.05, 4.69) is 38.1 Å².